The average Bonchev–Trinajstić information content (AvgIpc) is 2.31. The second kappa shape index (κ2) is 12.6. The Kier molecular flexibility index (Phi) is 13.6. The minimum atomic E-state index is -0.531. The van der Waals surface area contributed by atoms with E-state index >= 15 is 0 Å². The zero-order chi connectivity index (χ0) is 14.6. The van der Waals surface area contributed by atoms with Gasteiger partial charge in [0.1, 0.15) is 9.67 Å². The maximum absolute atomic E-state index is 8.35. The van der Waals surface area contributed by atoms with Gasteiger partial charge in [-0.3, -0.25) is 0 Å². The largest absolute Gasteiger partial charge is 0.231 e. The molecule has 0 amide bonds. The number of hydrogen-bond acceptors (Lipinski definition) is 4. The topological polar surface area (TPSA) is 81.8 Å². The Morgan fingerprint density at radius 3 is 1.39 bits per heavy atom. The molecule has 0 aliphatic heterocycles. The molecular formula is C10H8Cl4N2O2. The van der Waals surface area contributed by atoms with Crippen LogP contribution in [0, 0.1) is 10.8 Å². The highest BCUT2D eigenvalue weighted by Gasteiger charge is 2.07. The summed E-state index contributed by atoms with van der Waals surface area (Å²) in [6.07, 6.45) is 1.50. The van der Waals surface area contributed by atoms with E-state index in [2.05, 4.69) is 0 Å². The zero-order valence-electron chi connectivity index (χ0n) is 8.79. The van der Waals surface area contributed by atoms with Gasteiger partial charge >= 0.3 is 0 Å². The van der Waals surface area contributed by atoms with E-state index in [1.165, 1.54) is 0 Å². The molecule has 0 radical (unpaired) electrons. The summed E-state index contributed by atoms with van der Waals surface area (Å²) < 4.78 is 0. The van der Waals surface area contributed by atoms with Crippen molar-refractivity contribution < 1.29 is 9.59 Å². The number of rotatable bonds is 2. The first-order valence-electron chi connectivity index (χ1n) is 4.18. The summed E-state index contributed by atoms with van der Waals surface area (Å²) in [6.45, 7) is 0. The summed E-state index contributed by atoms with van der Waals surface area (Å²) in [6, 6.07) is 7.25. The van der Waals surface area contributed by atoms with E-state index in [9.17, 15) is 0 Å². The van der Waals surface area contributed by atoms with Crippen molar-refractivity contribution in [1.82, 2.24) is 0 Å². The molecule has 4 nitrogen and oxygen atoms in total. The third kappa shape index (κ3) is 10.3. The summed E-state index contributed by atoms with van der Waals surface area (Å²) in [5.41, 5.74) is 1.62. The van der Waals surface area contributed by atoms with E-state index in [-0.39, 0.29) is 0 Å². The predicted octanol–water partition coefficient (Wildman–Crippen LogP) is 4.44. The van der Waals surface area contributed by atoms with Gasteiger partial charge in [0.2, 0.25) is 12.2 Å². The summed E-state index contributed by atoms with van der Waals surface area (Å²) in [7, 11) is 0. The normalized spacial score (nSPS) is 8.33. The summed E-state index contributed by atoms with van der Waals surface area (Å²) in [5.74, 6) is 0. The highest BCUT2D eigenvalue weighted by molar-refractivity contribution is 6.44. The molecule has 0 unspecified atom stereocenters. The van der Waals surface area contributed by atoms with Crippen LogP contribution in [0.1, 0.15) is 20.8 Å². The van der Waals surface area contributed by atoms with Gasteiger partial charge in [0, 0.05) is 0 Å². The monoisotopic (exact) mass is 328 g/mol. The minimum Gasteiger partial charge on any atom is -0.222 e. The van der Waals surface area contributed by atoms with E-state index in [0.717, 1.165) is 23.3 Å². The number of nitrogens with one attached hydrogen (secondary N) is 2. The molecule has 1 aromatic carbocycles. The summed E-state index contributed by atoms with van der Waals surface area (Å²) >= 11 is 22.6. The van der Waals surface area contributed by atoms with E-state index in [1.54, 1.807) is 6.07 Å². The smallest absolute Gasteiger partial charge is 0.222 e. The van der Waals surface area contributed by atoms with Crippen LogP contribution in [0.2, 0.25) is 0 Å². The number of hydrogen-bond donors (Lipinski definition) is 2. The van der Waals surface area contributed by atoms with Crippen LogP contribution in [-0.4, -0.2) is 12.2 Å². The molecule has 98 valence electrons. The van der Waals surface area contributed by atoms with Crippen molar-refractivity contribution in [3.8, 4) is 0 Å². The van der Waals surface area contributed by atoms with Crippen molar-refractivity contribution >= 4 is 58.6 Å². The SMILES string of the molecule is ClC(Cl)c1cccc(C(Cl)Cl)c1.N=C=O.N=C=O. The van der Waals surface area contributed by atoms with Crippen LogP contribution in [0.5, 0.6) is 0 Å². The minimum absolute atomic E-state index is 0.531. The molecule has 0 aliphatic rings. The zero-order valence-corrected chi connectivity index (χ0v) is 11.8. The fourth-order valence-corrected chi connectivity index (χ4v) is 1.37. The van der Waals surface area contributed by atoms with Crippen LogP contribution in [0.15, 0.2) is 24.3 Å². The molecule has 1 aromatic rings. The van der Waals surface area contributed by atoms with Gasteiger partial charge < -0.3 is 0 Å². The lowest BCUT2D eigenvalue weighted by molar-refractivity contribution is 0.562. The van der Waals surface area contributed by atoms with Crippen molar-refractivity contribution in [2.45, 2.75) is 9.67 Å². The lowest BCUT2D eigenvalue weighted by atomic mass is 10.2. The summed E-state index contributed by atoms with van der Waals surface area (Å²) in [4.78, 5) is 15.6. The van der Waals surface area contributed by atoms with Gasteiger partial charge in [-0.2, -0.15) is 0 Å². The van der Waals surface area contributed by atoms with Crippen LogP contribution in [-0.2, 0) is 9.59 Å². The Morgan fingerprint density at radius 2 is 1.17 bits per heavy atom. The van der Waals surface area contributed by atoms with E-state index in [1.807, 2.05) is 18.2 Å². The molecule has 0 aromatic heterocycles. The fraction of sp³-hybridized carbons (Fsp3) is 0.200. The van der Waals surface area contributed by atoms with E-state index in [4.69, 9.17) is 66.8 Å². The quantitative estimate of drug-likeness (QED) is 0.477. The van der Waals surface area contributed by atoms with Gasteiger partial charge in [-0.1, -0.05) is 24.3 Å². The molecule has 2 N–H and O–H groups in total. The number of halogens is 4. The predicted molar refractivity (Wildman–Crippen MR) is 72.2 cm³/mol. The molecule has 0 fully saturated rings. The maximum atomic E-state index is 8.35. The highest BCUT2D eigenvalue weighted by atomic mass is 35.5. The van der Waals surface area contributed by atoms with Crippen LogP contribution in [0.4, 0.5) is 0 Å². The number of carbonyl (C=O) groups excluding carboxylic acids is 2. The van der Waals surface area contributed by atoms with Crippen molar-refractivity contribution in [1.29, 1.82) is 10.8 Å². The van der Waals surface area contributed by atoms with Gasteiger partial charge in [-0.15, -0.1) is 46.4 Å². The Labute approximate surface area is 124 Å². The molecule has 1 rings (SSSR count). The third-order valence-electron chi connectivity index (χ3n) is 1.41. The number of alkyl halides is 4. The van der Waals surface area contributed by atoms with Gasteiger partial charge in [0.05, 0.1) is 0 Å². The van der Waals surface area contributed by atoms with Gasteiger partial charge in [-0.05, 0) is 11.1 Å². The van der Waals surface area contributed by atoms with Crippen LogP contribution >= 0.6 is 46.4 Å². The van der Waals surface area contributed by atoms with Crippen molar-refractivity contribution in [2.75, 3.05) is 0 Å². The molecule has 0 spiro atoms. The molecule has 0 heterocycles. The molecule has 0 saturated heterocycles. The van der Waals surface area contributed by atoms with Crippen LogP contribution in [0.3, 0.4) is 0 Å². The molecule has 0 atom stereocenters. The maximum Gasteiger partial charge on any atom is 0.231 e. The van der Waals surface area contributed by atoms with Crippen LogP contribution < -0.4 is 0 Å². The molecule has 8 heteroatoms. The van der Waals surface area contributed by atoms with Gasteiger partial charge in [0.25, 0.3) is 0 Å². The Hall–Kier alpha value is -0.860. The first-order chi connectivity index (χ1) is 8.44. The molecular weight excluding hydrogens is 322 g/mol. The number of isocyanates is 2. The molecule has 0 bridgehead atoms. The van der Waals surface area contributed by atoms with Crippen LogP contribution in [0.25, 0.3) is 0 Å². The number of benzene rings is 1. The first-order valence-corrected chi connectivity index (χ1v) is 5.93. The second-order valence-electron chi connectivity index (χ2n) is 2.48. The Balaban J connectivity index is 0. The van der Waals surface area contributed by atoms with Crippen molar-refractivity contribution in [2.24, 2.45) is 0 Å². The third-order valence-corrected chi connectivity index (χ3v) is 2.42. The molecule has 18 heavy (non-hydrogen) atoms. The fourth-order valence-electron chi connectivity index (χ4n) is 0.830. The Morgan fingerprint density at radius 1 is 0.889 bits per heavy atom. The van der Waals surface area contributed by atoms with Crippen molar-refractivity contribution in [3.63, 3.8) is 0 Å². The van der Waals surface area contributed by atoms with E-state index in [0.29, 0.717) is 0 Å². The lowest BCUT2D eigenvalue weighted by Crippen LogP contribution is -1.86. The lowest BCUT2D eigenvalue weighted by Gasteiger charge is -2.05. The second-order valence-corrected chi connectivity index (χ2v) is 4.67. The Bertz CT molecular complexity index is 377. The highest BCUT2D eigenvalue weighted by Crippen LogP contribution is 2.30. The summed E-state index contributed by atoms with van der Waals surface area (Å²) in [5, 5.41) is 10.8. The van der Waals surface area contributed by atoms with Crippen molar-refractivity contribution in [3.05, 3.63) is 35.4 Å². The average molecular weight is 330 g/mol. The first kappa shape index (κ1) is 19.5. The standard InChI is InChI=1S/C8H6Cl4.2CHNO/c9-7(10)5-2-1-3-6(4-5)8(11)12;2*2-1-3/h1-4,7-8H;2*2H. The van der Waals surface area contributed by atoms with E-state index < -0.39 is 9.67 Å². The van der Waals surface area contributed by atoms with Gasteiger partial charge in [-0.25, -0.2) is 20.4 Å². The van der Waals surface area contributed by atoms with Gasteiger partial charge in [0.15, 0.2) is 0 Å². The molecule has 0 saturated carbocycles. The molecule has 0 aliphatic carbocycles.